The third-order valence-electron chi connectivity index (χ3n) is 2.19. The Kier molecular flexibility index (Phi) is 2.75. The predicted molar refractivity (Wildman–Crippen MR) is 48.2 cm³/mol. The summed E-state index contributed by atoms with van der Waals surface area (Å²) in [6, 6.07) is 1.45. The van der Waals surface area contributed by atoms with Crippen molar-refractivity contribution in [2.45, 2.75) is 20.5 Å². The number of hydrogen-bond acceptors (Lipinski definition) is 4. The maximum atomic E-state index is 9.36. The Morgan fingerprint density at radius 1 is 1.31 bits per heavy atom. The Hall–Kier alpha value is -1.26. The molecule has 0 spiro atoms. The summed E-state index contributed by atoms with van der Waals surface area (Å²) in [6.45, 7) is 3.79. The molecule has 0 radical (unpaired) electrons. The van der Waals surface area contributed by atoms with Crippen LogP contribution >= 0.6 is 0 Å². The molecule has 0 atom stereocenters. The SMILES string of the molecule is Cc1c(CON)cc(O)c(O)c1C. The standard InChI is InChI=1S/C9H13NO3/c1-5-6(2)9(12)8(11)3-7(5)4-13-10/h3,11-12H,4,10H2,1-2H3. The molecule has 0 unspecified atom stereocenters. The molecule has 0 aromatic heterocycles. The fourth-order valence-corrected chi connectivity index (χ4v) is 1.19. The van der Waals surface area contributed by atoms with Gasteiger partial charge in [-0.05, 0) is 36.6 Å². The first-order valence-electron chi connectivity index (χ1n) is 3.90. The first-order valence-corrected chi connectivity index (χ1v) is 3.90. The number of nitrogens with two attached hydrogens (primary N) is 1. The third-order valence-corrected chi connectivity index (χ3v) is 2.19. The molecule has 13 heavy (non-hydrogen) atoms. The Labute approximate surface area is 76.5 Å². The molecule has 0 heterocycles. The van der Waals surface area contributed by atoms with Crippen LogP contribution in [0.1, 0.15) is 16.7 Å². The van der Waals surface area contributed by atoms with Crippen molar-refractivity contribution >= 4 is 0 Å². The quantitative estimate of drug-likeness (QED) is 0.474. The fraction of sp³-hybridized carbons (Fsp3) is 0.333. The molecule has 0 aliphatic heterocycles. The Bertz CT molecular complexity index is 323. The molecule has 0 fully saturated rings. The van der Waals surface area contributed by atoms with Crippen LogP contribution < -0.4 is 5.90 Å². The summed E-state index contributed by atoms with van der Waals surface area (Å²) in [5, 5.41) is 18.6. The van der Waals surface area contributed by atoms with Gasteiger partial charge in [0.1, 0.15) is 0 Å². The topological polar surface area (TPSA) is 75.7 Å². The summed E-state index contributed by atoms with van der Waals surface area (Å²) in [6.07, 6.45) is 0. The summed E-state index contributed by atoms with van der Waals surface area (Å²) in [7, 11) is 0. The van der Waals surface area contributed by atoms with Crippen molar-refractivity contribution in [2.75, 3.05) is 0 Å². The molecular weight excluding hydrogens is 170 g/mol. The highest BCUT2D eigenvalue weighted by Gasteiger charge is 2.10. The zero-order chi connectivity index (χ0) is 10.0. The molecule has 4 heteroatoms. The van der Waals surface area contributed by atoms with Gasteiger partial charge in [-0.1, -0.05) is 0 Å². The van der Waals surface area contributed by atoms with Crippen molar-refractivity contribution in [3.63, 3.8) is 0 Å². The zero-order valence-corrected chi connectivity index (χ0v) is 7.66. The second kappa shape index (κ2) is 3.64. The zero-order valence-electron chi connectivity index (χ0n) is 7.66. The molecule has 1 rings (SSSR count). The van der Waals surface area contributed by atoms with Gasteiger partial charge < -0.3 is 10.2 Å². The van der Waals surface area contributed by atoms with Gasteiger partial charge in [0.2, 0.25) is 0 Å². The number of phenolic OH excluding ortho intramolecular Hbond substituents is 2. The molecule has 0 saturated heterocycles. The first kappa shape index (κ1) is 9.83. The van der Waals surface area contributed by atoms with E-state index in [0.717, 1.165) is 11.1 Å². The van der Waals surface area contributed by atoms with E-state index in [1.54, 1.807) is 6.92 Å². The summed E-state index contributed by atoms with van der Waals surface area (Å²) in [4.78, 5) is 4.47. The molecule has 4 N–H and O–H groups in total. The van der Waals surface area contributed by atoms with Crippen LogP contribution in [0.15, 0.2) is 6.07 Å². The van der Waals surface area contributed by atoms with E-state index in [2.05, 4.69) is 4.84 Å². The molecule has 1 aromatic carbocycles. The highest BCUT2D eigenvalue weighted by atomic mass is 16.6. The van der Waals surface area contributed by atoms with Gasteiger partial charge in [-0.25, -0.2) is 5.90 Å². The average Bonchev–Trinajstić information content (AvgIpc) is 2.11. The number of hydrogen-bond donors (Lipinski definition) is 3. The van der Waals surface area contributed by atoms with Crippen molar-refractivity contribution < 1.29 is 15.1 Å². The summed E-state index contributed by atoms with van der Waals surface area (Å²) < 4.78 is 0. The Morgan fingerprint density at radius 2 is 1.92 bits per heavy atom. The normalized spacial score (nSPS) is 10.4. The average molecular weight is 183 g/mol. The van der Waals surface area contributed by atoms with Crippen molar-refractivity contribution in [1.82, 2.24) is 0 Å². The molecule has 0 aliphatic rings. The number of phenols is 2. The van der Waals surface area contributed by atoms with Gasteiger partial charge in [-0.15, -0.1) is 0 Å². The molecule has 0 aliphatic carbocycles. The van der Waals surface area contributed by atoms with E-state index < -0.39 is 0 Å². The lowest BCUT2D eigenvalue weighted by molar-refractivity contribution is 0.123. The highest BCUT2D eigenvalue weighted by molar-refractivity contribution is 5.51. The minimum Gasteiger partial charge on any atom is -0.504 e. The van der Waals surface area contributed by atoms with Crippen molar-refractivity contribution in [3.05, 3.63) is 22.8 Å². The largest absolute Gasteiger partial charge is 0.504 e. The monoisotopic (exact) mass is 183 g/mol. The number of aromatic hydroxyl groups is 2. The van der Waals surface area contributed by atoms with Gasteiger partial charge in [0, 0.05) is 0 Å². The molecule has 1 aromatic rings. The van der Waals surface area contributed by atoms with Crippen LogP contribution in [0.3, 0.4) is 0 Å². The van der Waals surface area contributed by atoms with Crippen molar-refractivity contribution in [3.8, 4) is 11.5 Å². The molecule has 72 valence electrons. The van der Waals surface area contributed by atoms with Crippen molar-refractivity contribution in [1.29, 1.82) is 0 Å². The predicted octanol–water partition coefficient (Wildman–Crippen LogP) is 1.10. The minimum absolute atomic E-state index is 0.0849. The van der Waals surface area contributed by atoms with Gasteiger partial charge in [0.25, 0.3) is 0 Å². The number of benzene rings is 1. The smallest absolute Gasteiger partial charge is 0.160 e. The molecule has 0 amide bonds. The first-order chi connectivity index (χ1) is 6.07. The molecule has 0 saturated carbocycles. The van der Waals surface area contributed by atoms with Crippen LogP contribution in [0.2, 0.25) is 0 Å². The van der Waals surface area contributed by atoms with E-state index in [1.165, 1.54) is 6.07 Å². The van der Waals surface area contributed by atoms with E-state index >= 15 is 0 Å². The van der Waals surface area contributed by atoms with Crippen molar-refractivity contribution in [2.24, 2.45) is 5.90 Å². The van der Waals surface area contributed by atoms with E-state index in [0.29, 0.717) is 5.56 Å². The Balaban J connectivity index is 3.24. The van der Waals surface area contributed by atoms with Gasteiger partial charge in [0.05, 0.1) is 6.61 Å². The molecular formula is C9H13NO3. The van der Waals surface area contributed by atoms with E-state index in [9.17, 15) is 10.2 Å². The second-order valence-corrected chi connectivity index (χ2v) is 2.96. The van der Waals surface area contributed by atoms with Gasteiger partial charge in [-0.2, -0.15) is 0 Å². The van der Waals surface area contributed by atoms with Crippen LogP contribution in [0.25, 0.3) is 0 Å². The maximum Gasteiger partial charge on any atom is 0.160 e. The lowest BCUT2D eigenvalue weighted by atomic mass is 10.0. The van der Waals surface area contributed by atoms with Gasteiger partial charge >= 0.3 is 0 Å². The highest BCUT2D eigenvalue weighted by Crippen LogP contribution is 2.33. The van der Waals surface area contributed by atoms with Crippen LogP contribution in [-0.2, 0) is 11.4 Å². The lowest BCUT2D eigenvalue weighted by Gasteiger charge is -2.10. The van der Waals surface area contributed by atoms with Crippen LogP contribution in [0.4, 0.5) is 0 Å². The lowest BCUT2D eigenvalue weighted by Crippen LogP contribution is -2.01. The van der Waals surface area contributed by atoms with Crippen LogP contribution in [0.5, 0.6) is 11.5 Å². The summed E-state index contributed by atoms with van der Waals surface area (Å²) in [5.74, 6) is 4.70. The van der Waals surface area contributed by atoms with Crippen LogP contribution in [0, 0.1) is 13.8 Å². The molecule has 0 bridgehead atoms. The van der Waals surface area contributed by atoms with E-state index in [4.69, 9.17) is 5.90 Å². The third kappa shape index (κ3) is 1.74. The van der Waals surface area contributed by atoms with Gasteiger partial charge in [0.15, 0.2) is 11.5 Å². The van der Waals surface area contributed by atoms with E-state index in [-0.39, 0.29) is 18.1 Å². The summed E-state index contributed by atoms with van der Waals surface area (Å²) in [5.41, 5.74) is 2.29. The number of rotatable bonds is 2. The van der Waals surface area contributed by atoms with Crippen LogP contribution in [-0.4, -0.2) is 10.2 Å². The maximum absolute atomic E-state index is 9.36. The summed E-state index contributed by atoms with van der Waals surface area (Å²) >= 11 is 0. The molecule has 4 nitrogen and oxygen atoms in total. The van der Waals surface area contributed by atoms with Gasteiger partial charge in [-0.3, -0.25) is 4.84 Å². The Morgan fingerprint density at radius 3 is 2.46 bits per heavy atom. The van der Waals surface area contributed by atoms with E-state index in [1.807, 2.05) is 6.92 Å². The second-order valence-electron chi connectivity index (χ2n) is 2.96. The minimum atomic E-state index is -0.143. The fourth-order valence-electron chi connectivity index (χ4n) is 1.19.